The molecule has 1 N–H and O–H groups in total. The van der Waals surface area contributed by atoms with Crippen molar-refractivity contribution in [3.05, 3.63) is 64.8 Å². The fraction of sp³-hybridized carbons (Fsp3) is 0.190. The van der Waals surface area contributed by atoms with Gasteiger partial charge < -0.3 is 4.74 Å². The van der Waals surface area contributed by atoms with Crippen LogP contribution in [-0.4, -0.2) is 37.4 Å². The summed E-state index contributed by atoms with van der Waals surface area (Å²) in [6.45, 7) is 6.05. The maximum Gasteiger partial charge on any atom is 0.257 e. The summed E-state index contributed by atoms with van der Waals surface area (Å²) in [4.78, 5) is 16.9. The van der Waals surface area contributed by atoms with Crippen molar-refractivity contribution in [1.82, 2.24) is 24.4 Å². The first-order chi connectivity index (χ1) is 14.5. The molecule has 1 amide bonds. The number of benzene rings is 2. The molecule has 152 valence electrons. The van der Waals surface area contributed by atoms with E-state index in [4.69, 9.17) is 4.74 Å². The van der Waals surface area contributed by atoms with Crippen molar-refractivity contribution >= 4 is 22.6 Å². The lowest BCUT2D eigenvalue weighted by atomic mass is 10.1. The molecular weight excluding hydrogens is 400 g/mol. The van der Waals surface area contributed by atoms with E-state index in [0.29, 0.717) is 28.0 Å². The molecule has 9 heteroatoms. The topological polar surface area (TPSA) is 94.8 Å². The average Bonchev–Trinajstić information content (AvgIpc) is 3.36. The molecule has 0 saturated carbocycles. The third-order valence-electron chi connectivity index (χ3n) is 4.82. The van der Waals surface area contributed by atoms with Crippen molar-refractivity contribution in [2.24, 2.45) is 0 Å². The minimum absolute atomic E-state index is 0.285. The highest BCUT2D eigenvalue weighted by molar-refractivity contribution is 7.10. The summed E-state index contributed by atoms with van der Waals surface area (Å²) in [5.41, 5.74) is 5.19. The molecule has 4 rings (SSSR count). The van der Waals surface area contributed by atoms with Crippen LogP contribution in [0.2, 0.25) is 0 Å². The van der Waals surface area contributed by atoms with Crippen molar-refractivity contribution < 1.29 is 9.53 Å². The van der Waals surface area contributed by atoms with Gasteiger partial charge in [-0.1, -0.05) is 17.3 Å². The zero-order chi connectivity index (χ0) is 21.3. The van der Waals surface area contributed by atoms with Gasteiger partial charge in [-0.25, -0.2) is 4.68 Å². The van der Waals surface area contributed by atoms with E-state index in [0.717, 1.165) is 22.9 Å². The van der Waals surface area contributed by atoms with Crippen LogP contribution in [-0.2, 0) is 0 Å². The maximum absolute atomic E-state index is 12.5. The average molecular weight is 420 g/mol. The first-order valence-corrected chi connectivity index (χ1v) is 10.0. The minimum Gasteiger partial charge on any atom is -0.497 e. The zero-order valence-corrected chi connectivity index (χ0v) is 17.8. The molecule has 0 radical (unpaired) electrons. The third-order valence-corrected chi connectivity index (χ3v) is 5.45. The fourth-order valence-electron chi connectivity index (χ4n) is 2.94. The van der Waals surface area contributed by atoms with Gasteiger partial charge in [0, 0.05) is 17.1 Å². The van der Waals surface area contributed by atoms with E-state index in [1.807, 2.05) is 13.0 Å². The van der Waals surface area contributed by atoms with E-state index < -0.39 is 0 Å². The molecule has 0 bridgehead atoms. The van der Waals surface area contributed by atoms with Gasteiger partial charge in [0.1, 0.15) is 5.75 Å². The molecule has 0 aliphatic rings. The molecule has 0 fully saturated rings. The lowest BCUT2D eigenvalue weighted by molar-refractivity contribution is 0.102. The second-order valence-corrected chi connectivity index (χ2v) is 7.56. The van der Waals surface area contributed by atoms with Crippen LogP contribution in [0.4, 0.5) is 5.13 Å². The Morgan fingerprint density at radius 3 is 2.70 bits per heavy atom. The van der Waals surface area contributed by atoms with Crippen molar-refractivity contribution in [2.75, 3.05) is 12.4 Å². The third kappa shape index (κ3) is 3.79. The van der Waals surface area contributed by atoms with Crippen molar-refractivity contribution in [3.8, 4) is 23.0 Å². The Balaban J connectivity index is 1.56. The first kappa shape index (κ1) is 19.7. The minimum atomic E-state index is -0.285. The number of rotatable bonds is 5. The maximum atomic E-state index is 12.5. The van der Waals surface area contributed by atoms with E-state index >= 15 is 0 Å². The molecule has 0 spiro atoms. The highest BCUT2D eigenvalue weighted by Gasteiger charge is 2.18. The van der Waals surface area contributed by atoms with Crippen molar-refractivity contribution in [1.29, 1.82) is 0 Å². The first-order valence-electron chi connectivity index (χ1n) is 9.25. The summed E-state index contributed by atoms with van der Waals surface area (Å²) in [6, 6.07) is 13.0. The van der Waals surface area contributed by atoms with Crippen LogP contribution < -0.4 is 10.1 Å². The van der Waals surface area contributed by atoms with Gasteiger partial charge in [0.25, 0.3) is 5.91 Å². The van der Waals surface area contributed by atoms with Crippen molar-refractivity contribution in [2.45, 2.75) is 20.8 Å². The Morgan fingerprint density at radius 1 is 1.10 bits per heavy atom. The standard InChI is InChI=1S/C21H20N6O2S/c1-12-8-9-16(10-13(12)2)27-14(3)18(24-26-27)19-22-21(30-25-19)23-20(28)15-6-5-7-17(11-15)29-4/h5-11H,1-4H3,(H,22,23,25,28). The Hall–Kier alpha value is -3.59. The van der Waals surface area contributed by atoms with Gasteiger partial charge in [-0.2, -0.15) is 9.36 Å². The summed E-state index contributed by atoms with van der Waals surface area (Å²) < 4.78 is 11.3. The fourth-order valence-corrected chi connectivity index (χ4v) is 3.51. The number of hydrogen-bond donors (Lipinski definition) is 1. The van der Waals surface area contributed by atoms with Gasteiger partial charge in [-0.15, -0.1) is 5.10 Å². The second-order valence-electron chi connectivity index (χ2n) is 6.81. The number of aryl methyl sites for hydroxylation is 2. The van der Waals surface area contributed by atoms with E-state index in [2.05, 4.69) is 51.0 Å². The number of carbonyl (C=O) groups excluding carboxylic acids is 1. The summed E-state index contributed by atoms with van der Waals surface area (Å²) in [7, 11) is 1.56. The molecule has 8 nitrogen and oxygen atoms in total. The van der Waals surface area contributed by atoms with Crippen LogP contribution in [0.1, 0.15) is 27.2 Å². The van der Waals surface area contributed by atoms with E-state index in [1.54, 1.807) is 36.1 Å². The Bertz CT molecular complexity index is 1230. The van der Waals surface area contributed by atoms with E-state index in [9.17, 15) is 4.79 Å². The van der Waals surface area contributed by atoms with Crippen LogP contribution in [0.3, 0.4) is 0 Å². The quantitative estimate of drug-likeness (QED) is 0.525. The Labute approximate surface area is 177 Å². The molecular formula is C21H20N6O2S. The largest absolute Gasteiger partial charge is 0.497 e. The molecule has 0 atom stereocenters. The number of ether oxygens (including phenoxy) is 1. The number of aromatic nitrogens is 5. The Kier molecular flexibility index (Phi) is 5.28. The summed E-state index contributed by atoms with van der Waals surface area (Å²) in [5.74, 6) is 0.750. The highest BCUT2D eigenvalue weighted by Crippen LogP contribution is 2.25. The van der Waals surface area contributed by atoms with Crippen molar-refractivity contribution in [3.63, 3.8) is 0 Å². The number of amides is 1. The highest BCUT2D eigenvalue weighted by atomic mass is 32.1. The van der Waals surface area contributed by atoms with Gasteiger partial charge in [0.15, 0.2) is 11.5 Å². The zero-order valence-electron chi connectivity index (χ0n) is 17.0. The number of hydrogen-bond acceptors (Lipinski definition) is 7. The summed E-state index contributed by atoms with van der Waals surface area (Å²) in [5, 5.41) is 11.7. The normalized spacial score (nSPS) is 10.8. The number of methoxy groups -OCH3 is 1. The smallest absolute Gasteiger partial charge is 0.257 e. The van der Waals surface area contributed by atoms with Gasteiger partial charge in [-0.05, 0) is 62.2 Å². The molecule has 0 saturated heterocycles. The SMILES string of the molecule is COc1cccc(C(=O)Nc2nc(-c3nnn(-c4ccc(C)c(C)c4)c3C)ns2)c1. The van der Waals surface area contributed by atoms with Crippen LogP contribution in [0.25, 0.3) is 17.2 Å². The van der Waals surface area contributed by atoms with Gasteiger partial charge in [0.2, 0.25) is 5.13 Å². The number of anilines is 1. The number of nitrogens with zero attached hydrogens (tertiary/aromatic N) is 5. The molecule has 30 heavy (non-hydrogen) atoms. The molecule has 0 aliphatic carbocycles. The number of carbonyl (C=O) groups is 1. The number of nitrogens with one attached hydrogen (secondary N) is 1. The molecule has 0 aliphatic heterocycles. The second kappa shape index (κ2) is 8.03. The van der Waals surface area contributed by atoms with Crippen LogP contribution in [0.5, 0.6) is 5.75 Å². The molecule has 2 aromatic heterocycles. The van der Waals surface area contributed by atoms with E-state index in [1.165, 1.54) is 11.1 Å². The molecule has 4 aromatic rings. The van der Waals surface area contributed by atoms with E-state index in [-0.39, 0.29) is 5.91 Å². The summed E-state index contributed by atoms with van der Waals surface area (Å²) in [6.07, 6.45) is 0. The van der Waals surface area contributed by atoms with Crippen LogP contribution >= 0.6 is 11.5 Å². The Morgan fingerprint density at radius 2 is 1.93 bits per heavy atom. The monoisotopic (exact) mass is 420 g/mol. The molecule has 2 heterocycles. The van der Waals surface area contributed by atoms with Crippen LogP contribution in [0, 0.1) is 20.8 Å². The lowest BCUT2D eigenvalue weighted by Gasteiger charge is -2.06. The lowest BCUT2D eigenvalue weighted by Crippen LogP contribution is -2.11. The van der Waals surface area contributed by atoms with Gasteiger partial charge in [-0.3, -0.25) is 10.1 Å². The predicted octanol–water partition coefficient (Wildman–Crippen LogP) is 3.97. The van der Waals surface area contributed by atoms with Gasteiger partial charge in [0.05, 0.1) is 18.5 Å². The van der Waals surface area contributed by atoms with Crippen LogP contribution in [0.15, 0.2) is 42.5 Å². The molecule has 2 aromatic carbocycles. The molecule has 0 unspecified atom stereocenters. The van der Waals surface area contributed by atoms with Gasteiger partial charge >= 0.3 is 0 Å². The predicted molar refractivity (Wildman–Crippen MR) is 115 cm³/mol. The summed E-state index contributed by atoms with van der Waals surface area (Å²) >= 11 is 1.09.